The molecular formula is C17H29IN6O. The predicted molar refractivity (Wildman–Crippen MR) is 111 cm³/mol. The van der Waals surface area contributed by atoms with Crippen LogP contribution in [0.25, 0.3) is 0 Å². The second kappa shape index (κ2) is 9.51. The number of ether oxygens (including phenoxy) is 1. The Labute approximate surface area is 167 Å². The molecule has 2 fully saturated rings. The minimum absolute atomic E-state index is 0. The summed E-state index contributed by atoms with van der Waals surface area (Å²) in [6, 6.07) is 1.85. The number of hydrogen-bond acceptors (Lipinski definition) is 5. The van der Waals surface area contributed by atoms with Crippen molar-refractivity contribution in [1.82, 2.24) is 20.2 Å². The van der Waals surface area contributed by atoms with E-state index in [-0.39, 0.29) is 29.4 Å². The van der Waals surface area contributed by atoms with Gasteiger partial charge < -0.3 is 19.9 Å². The second-order valence-corrected chi connectivity index (χ2v) is 6.81. The highest BCUT2D eigenvalue weighted by Gasteiger charge is 2.30. The minimum atomic E-state index is 0. The quantitative estimate of drug-likeness (QED) is 0.419. The molecule has 140 valence electrons. The van der Waals surface area contributed by atoms with E-state index in [1.54, 1.807) is 12.4 Å². The molecule has 3 rings (SSSR count). The maximum absolute atomic E-state index is 5.54. The van der Waals surface area contributed by atoms with Crippen LogP contribution in [0.15, 0.2) is 23.5 Å². The molecule has 0 saturated carbocycles. The molecule has 1 aromatic rings. The number of aliphatic imine (C=N–C) groups is 1. The van der Waals surface area contributed by atoms with Crippen LogP contribution in [-0.2, 0) is 4.74 Å². The number of halogens is 1. The van der Waals surface area contributed by atoms with Crippen LogP contribution >= 0.6 is 24.0 Å². The Morgan fingerprint density at radius 2 is 2.00 bits per heavy atom. The highest BCUT2D eigenvalue weighted by molar-refractivity contribution is 14.0. The average molecular weight is 460 g/mol. The Balaban J connectivity index is 0.00000225. The molecule has 3 heterocycles. The molecule has 1 aromatic heterocycles. The van der Waals surface area contributed by atoms with Gasteiger partial charge in [0.2, 0.25) is 5.95 Å². The zero-order chi connectivity index (χ0) is 16.8. The molecule has 1 unspecified atom stereocenters. The summed E-state index contributed by atoms with van der Waals surface area (Å²) < 4.78 is 5.54. The van der Waals surface area contributed by atoms with Crippen LogP contribution in [0.1, 0.15) is 20.3 Å². The number of piperazine rings is 1. The van der Waals surface area contributed by atoms with Gasteiger partial charge >= 0.3 is 0 Å². The zero-order valence-corrected chi connectivity index (χ0v) is 17.5. The second-order valence-electron chi connectivity index (χ2n) is 6.81. The van der Waals surface area contributed by atoms with Crippen LogP contribution in [0.3, 0.4) is 0 Å². The van der Waals surface area contributed by atoms with Crippen molar-refractivity contribution in [1.29, 1.82) is 0 Å². The Morgan fingerprint density at radius 1 is 1.28 bits per heavy atom. The monoisotopic (exact) mass is 460 g/mol. The van der Waals surface area contributed by atoms with Gasteiger partial charge in [-0.1, -0.05) is 6.92 Å². The van der Waals surface area contributed by atoms with Gasteiger partial charge in [-0.25, -0.2) is 9.97 Å². The van der Waals surface area contributed by atoms with Gasteiger partial charge in [-0.2, -0.15) is 0 Å². The summed E-state index contributed by atoms with van der Waals surface area (Å²) >= 11 is 0. The van der Waals surface area contributed by atoms with Gasteiger partial charge in [0.25, 0.3) is 0 Å². The number of rotatable bonds is 4. The molecule has 7 nitrogen and oxygen atoms in total. The molecule has 0 amide bonds. The third kappa shape index (κ3) is 5.40. The van der Waals surface area contributed by atoms with Crippen LogP contribution in [0.4, 0.5) is 5.95 Å². The maximum atomic E-state index is 5.54. The fourth-order valence-electron chi connectivity index (χ4n) is 3.10. The summed E-state index contributed by atoms with van der Waals surface area (Å²) in [5, 5.41) is 3.43. The Hall–Kier alpha value is -1.16. The van der Waals surface area contributed by atoms with Gasteiger partial charge in [-0.3, -0.25) is 4.99 Å². The number of nitrogens with one attached hydrogen (secondary N) is 1. The standard InChI is InChI=1S/C17H28N6O.HI/c1-3-18-15(21-13-17(2)5-12-24-14-17)22-8-10-23(11-9-22)16-19-6-4-7-20-16;/h4,6-7H,3,5,8-14H2,1-2H3,(H,18,21);1H. The van der Waals surface area contributed by atoms with Crippen LogP contribution in [0.2, 0.25) is 0 Å². The zero-order valence-electron chi connectivity index (χ0n) is 15.1. The molecule has 0 aromatic carbocycles. The Bertz CT molecular complexity index is 541. The third-order valence-electron chi connectivity index (χ3n) is 4.66. The van der Waals surface area contributed by atoms with E-state index in [0.29, 0.717) is 0 Å². The topological polar surface area (TPSA) is 65.9 Å². The molecule has 0 spiro atoms. The summed E-state index contributed by atoms with van der Waals surface area (Å²) in [5.41, 5.74) is 0.181. The van der Waals surface area contributed by atoms with Crippen molar-refractivity contribution < 1.29 is 4.74 Å². The van der Waals surface area contributed by atoms with E-state index < -0.39 is 0 Å². The van der Waals surface area contributed by atoms with E-state index in [1.165, 1.54) is 0 Å². The molecule has 0 radical (unpaired) electrons. The number of anilines is 1. The number of aromatic nitrogens is 2. The van der Waals surface area contributed by atoms with Crippen LogP contribution in [-0.4, -0.2) is 73.3 Å². The fourth-order valence-corrected chi connectivity index (χ4v) is 3.10. The fraction of sp³-hybridized carbons (Fsp3) is 0.706. The maximum Gasteiger partial charge on any atom is 0.225 e. The lowest BCUT2D eigenvalue weighted by molar-refractivity contribution is 0.162. The first kappa shape index (κ1) is 20.2. The molecule has 0 aliphatic carbocycles. The summed E-state index contributed by atoms with van der Waals surface area (Å²) in [6.45, 7) is 11.4. The van der Waals surface area contributed by atoms with Gasteiger partial charge in [0.15, 0.2) is 5.96 Å². The van der Waals surface area contributed by atoms with Gasteiger partial charge in [0, 0.05) is 57.1 Å². The summed E-state index contributed by atoms with van der Waals surface area (Å²) in [5.74, 6) is 1.83. The van der Waals surface area contributed by atoms with E-state index in [0.717, 1.165) is 70.8 Å². The van der Waals surface area contributed by atoms with Crippen LogP contribution in [0.5, 0.6) is 0 Å². The van der Waals surface area contributed by atoms with E-state index in [4.69, 9.17) is 9.73 Å². The molecule has 0 bridgehead atoms. The largest absolute Gasteiger partial charge is 0.381 e. The molecule has 1 N–H and O–H groups in total. The first-order chi connectivity index (χ1) is 11.7. The van der Waals surface area contributed by atoms with Crippen molar-refractivity contribution >= 4 is 35.9 Å². The molecule has 2 saturated heterocycles. The summed E-state index contributed by atoms with van der Waals surface area (Å²) in [7, 11) is 0. The van der Waals surface area contributed by atoms with Gasteiger partial charge in [-0.15, -0.1) is 24.0 Å². The third-order valence-corrected chi connectivity index (χ3v) is 4.66. The van der Waals surface area contributed by atoms with Gasteiger partial charge in [0.05, 0.1) is 13.2 Å². The van der Waals surface area contributed by atoms with Crippen molar-refractivity contribution in [2.24, 2.45) is 10.4 Å². The van der Waals surface area contributed by atoms with E-state index in [2.05, 4.69) is 38.9 Å². The highest BCUT2D eigenvalue weighted by Crippen LogP contribution is 2.28. The number of guanidine groups is 1. The van der Waals surface area contributed by atoms with Crippen molar-refractivity contribution in [3.8, 4) is 0 Å². The Kier molecular flexibility index (Phi) is 7.67. The first-order valence-electron chi connectivity index (χ1n) is 8.83. The smallest absolute Gasteiger partial charge is 0.225 e. The van der Waals surface area contributed by atoms with Gasteiger partial charge in [-0.05, 0) is 19.4 Å². The average Bonchev–Trinajstić information content (AvgIpc) is 3.06. The SMILES string of the molecule is CCNC(=NCC1(C)CCOC1)N1CCN(c2ncccn2)CC1.I. The predicted octanol–water partition coefficient (Wildman–Crippen LogP) is 1.61. The highest BCUT2D eigenvalue weighted by atomic mass is 127. The van der Waals surface area contributed by atoms with Crippen molar-refractivity contribution in [2.45, 2.75) is 20.3 Å². The molecule has 2 aliphatic rings. The summed E-state index contributed by atoms with van der Waals surface area (Å²) in [6.07, 6.45) is 4.68. The lowest BCUT2D eigenvalue weighted by Crippen LogP contribution is -2.53. The summed E-state index contributed by atoms with van der Waals surface area (Å²) in [4.78, 5) is 18.1. The van der Waals surface area contributed by atoms with Crippen molar-refractivity contribution in [2.75, 3.05) is 57.4 Å². The van der Waals surface area contributed by atoms with Crippen LogP contribution in [0, 0.1) is 5.41 Å². The molecular weight excluding hydrogens is 431 g/mol. The normalized spacial score (nSPS) is 24.2. The lowest BCUT2D eigenvalue weighted by atomic mass is 9.90. The number of nitrogens with zero attached hydrogens (tertiary/aromatic N) is 5. The van der Waals surface area contributed by atoms with E-state index in [1.807, 2.05) is 6.07 Å². The van der Waals surface area contributed by atoms with E-state index >= 15 is 0 Å². The van der Waals surface area contributed by atoms with Gasteiger partial charge in [0.1, 0.15) is 0 Å². The Morgan fingerprint density at radius 3 is 2.60 bits per heavy atom. The molecule has 25 heavy (non-hydrogen) atoms. The van der Waals surface area contributed by atoms with Crippen LogP contribution < -0.4 is 10.2 Å². The lowest BCUT2D eigenvalue weighted by Gasteiger charge is -2.36. The minimum Gasteiger partial charge on any atom is -0.381 e. The van der Waals surface area contributed by atoms with Crippen molar-refractivity contribution in [3.63, 3.8) is 0 Å². The molecule has 2 aliphatic heterocycles. The molecule has 8 heteroatoms. The van der Waals surface area contributed by atoms with E-state index in [9.17, 15) is 0 Å². The molecule has 1 atom stereocenters. The first-order valence-corrected chi connectivity index (χ1v) is 8.83. The van der Waals surface area contributed by atoms with Crippen molar-refractivity contribution in [3.05, 3.63) is 18.5 Å². The number of hydrogen-bond donors (Lipinski definition) is 1.